The largest absolute Gasteiger partial charge is 0.492 e. The molecule has 1 unspecified atom stereocenters. The molecule has 0 saturated carbocycles. The second-order valence-electron chi connectivity index (χ2n) is 6.37. The maximum atomic E-state index is 13.2. The first-order chi connectivity index (χ1) is 12.9. The van der Waals surface area contributed by atoms with Crippen molar-refractivity contribution in [2.24, 2.45) is 5.92 Å². The van der Waals surface area contributed by atoms with Crippen molar-refractivity contribution in [1.29, 1.82) is 0 Å². The molecule has 8 heteroatoms. The van der Waals surface area contributed by atoms with Crippen molar-refractivity contribution in [2.75, 3.05) is 19.0 Å². The third-order valence-corrected chi connectivity index (χ3v) is 6.13. The van der Waals surface area contributed by atoms with Crippen molar-refractivity contribution >= 4 is 15.7 Å². The molecule has 0 spiro atoms. The van der Waals surface area contributed by atoms with Crippen LogP contribution in [0.15, 0.2) is 47.4 Å². The van der Waals surface area contributed by atoms with Crippen molar-refractivity contribution in [1.82, 2.24) is 5.32 Å². The fraction of sp³-hybridized carbons (Fsp3) is 0.316. The maximum absolute atomic E-state index is 13.2. The SMILES string of the molecule is O=C(NCc1ccc(S(=O)(=O)CCO)cc1)C1COc2cc(F)ccc2C1. The van der Waals surface area contributed by atoms with Crippen LogP contribution in [0.4, 0.5) is 4.39 Å². The lowest BCUT2D eigenvalue weighted by Gasteiger charge is -2.24. The van der Waals surface area contributed by atoms with Crippen LogP contribution in [-0.2, 0) is 27.6 Å². The number of hydrogen-bond acceptors (Lipinski definition) is 5. The molecule has 0 aromatic heterocycles. The molecule has 1 aliphatic heterocycles. The second-order valence-corrected chi connectivity index (χ2v) is 8.48. The van der Waals surface area contributed by atoms with E-state index in [-0.39, 0.29) is 41.4 Å². The van der Waals surface area contributed by atoms with Crippen LogP contribution in [0.5, 0.6) is 5.75 Å². The number of ether oxygens (including phenoxy) is 1. The fourth-order valence-electron chi connectivity index (χ4n) is 2.90. The maximum Gasteiger partial charge on any atom is 0.227 e. The predicted octanol–water partition coefficient (Wildman–Crippen LogP) is 1.46. The van der Waals surface area contributed by atoms with Crippen LogP contribution in [0.25, 0.3) is 0 Å². The van der Waals surface area contributed by atoms with Gasteiger partial charge in [-0.2, -0.15) is 0 Å². The molecular formula is C19H20FNO5S. The molecule has 1 atom stereocenters. The average molecular weight is 393 g/mol. The predicted molar refractivity (Wildman–Crippen MR) is 96.5 cm³/mol. The molecule has 1 heterocycles. The number of carbonyl (C=O) groups excluding carboxylic acids is 1. The Balaban J connectivity index is 1.57. The number of halogens is 1. The van der Waals surface area contributed by atoms with Gasteiger partial charge in [0, 0.05) is 12.6 Å². The Hall–Kier alpha value is -2.45. The van der Waals surface area contributed by atoms with E-state index in [2.05, 4.69) is 5.32 Å². The summed E-state index contributed by atoms with van der Waals surface area (Å²) in [5.41, 5.74) is 1.55. The van der Waals surface area contributed by atoms with Gasteiger partial charge in [0.05, 0.1) is 23.2 Å². The molecule has 3 rings (SSSR count). The van der Waals surface area contributed by atoms with Crippen LogP contribution in [0.3, 0.4) is 0 Å². The zero-order valence-electron chi connectivity index (χ0n) is 14.5. The first kappa shape index (κ1) is 19.3. The van der Waals surface area contributed by atoms with E-state index in [9.17, 15) is 17.6 Å². The summed E-state index contributed by atoms with van der Waals surface area (Å²) in [7, 11) is -3.49. The van der Waals surface area contributed by atoms with Crippen molar-refractivity contribution in [3.8, 4) is 5.75 Å². The molecule has 2 N–H and O–H groups in total. The van der Waals surface area contributed by atoms with Gasteiger partial charge < -0.3 is 15.2 Å². The molecule has 2 aromatic rings. The molecule has 0 bridgehead atoms. The van der Waals surface area contributed by atoms with Gasteiger partial charge in [0.25, 0.3) is 0 Å². The van der Waals surface area contributed by atoms with Gasteiger partial charge in [-0.1, -0.05) is 18.2 Å². The molecule has 1 aliphatic rings. The Morgan fingerprint density at radius 2 is 1.96 bits per heavy atom. The van der Waals surface area contributed by atoms with Crippen LogP contribution in [0, 0.1) is 11.7 Å². The first-order valence-corrected chi connectivity index (χ1v) is 10.2. The normalized spacial score (nSPS) is 16.3. The van der Waals surface area contributed by atoms with E-state index >= 15 is 0 Å². The summed E-state index contributed by atoms with van der Waals surface area (Å²) in [4.78, 5) is 12.5. The molecule has 27 heavy (non-hydrogen) atoms. The van der Waals surface area contributed by atoms with E-state index in [1.54, 1.807) is 18.2 Å². The van der Waals surface area contributed by atoms with Gasteiger partial charge in [-0.15, -0.1) is 0 Å². The highest BCUT2D eigenvalue weighted by Crippen LogP contribution is 2.28. The Morgan fingerprint density at radius 1 is 1.22 bits per heavy atom. The highest BCUT2D eigenvalue weighted by atomic mass is 32.2. The molecular weight excluding hydrogens is 373 g/mol. The molecule has 0 fully saturated rings. The molecule has 0 radical (unpaired) electrons. The van der Waals surface area contributed by atoms with Gasteiger partial charge in [-0.3, -0.25) is 4.79 Å². The summed E-state index contributed by atoms with van der Waals surface area (Å²) >= 11 is 0. The number of aliphatic hydroxyl groups excluding tert-OH is 1. The van der Waals surface area contributed by atoms with Crippen LogP contribution in [0.2, 0.25) is 0 Å². The van der Waals surface area contributed by atoms with E-state index in [4.69, 9.17) is 9.84 Å². The third kappa shape index (κ3) is 4.64. The van der Waals surface area contributed by atoms with Crippen molar-refractivity contribution in [3.05, 3.63) is 59.4 Å². The number of aliphatic hydroxyl groups is 1. The number of benzene rings is 2. The van der Waals surface area contributed by atoms with Gasteiger partial charge in [0.15, 0.2) is 9.84 Å². The minimum absolute atomic E-state index is 0.135. The van der Waals surface area contributed by atoms with Gasteiger partial charge in [0.2, 0.25) is 5.91 Å². The monoisotopic (exact) mass is 393 g/mol. The summed E-state index contributed by atoms with van der Waals surface area (Å²) < 4.78 is 42.4. The van der Waals surface area contributed by atoms with Crippen molar-refractivity contribution < 1.29 is 27.4 Å². The van der Waals surface area contributed by atoms with Gasteiger partial charge in [-0.05, 0) is 35.7 Å². The van der Waals surface area contributed by atoms with Gasteiger partial charge in [-0.25, -0.2) is 12.8 Å². The molecule has 6 nitrogen and oxygen atoms in total. The summed E-state index contributed by atoms with van der Waals surface area (Å²) in [6, 6.07) is 10.4. The minimum atomic E-state index is -3.49. The van der Waals surface area contributed by atoms with Crippen molar-refractivity contribution in [3.63, 3.8) is 0 Å². The smallest absolute Gasteiger partial charge is 0.227 e. The summed E-state index contributed by atoms with van der Waals surface area (Å²) in [5.74, 6) is -0.773. The van der Waals surface area contributed by atoms with Crippen LogP contribution >= 0.6 is 0 Å². The number of amides is 1. The Morgan fingerprint density at radius 3 is 2.67 bits per heavy atom. The molecule has 144 valence electrons. The van der Waals surface area contributed by atoms with E-state index in [0.717, 1.165) is 11.1 Å². The fourth-order valence-corrected chi connectivity index (χ4v) is 3.93. The molecule has 2 aromatic carbocycles. The Labute approximate surface area is 156 Å². The lowest BCUT2D eigenvalue weighted by atomic mass is 9.96. The highest BCUT2D eigenvalue weighted by molar-refractivity contribution is 7.91. The Kier molecular flexibility index (Phi) is 5.76. The number of hydrogen-bond donors (Lipinski definition) is 2. The summed E-state index contributed by atoms with van der Waals surface area (Å²) in [6.45, 7) is 0.00589. The number of fused-ring (bicyclic) bond motifs is 1. The Bertz CT molecular complexity index is 928. The standard InChI is InChI=1S/C19H20FNO5S/c20-16-4-3-14-9-15(12-26-18(14)10-16)19(23)21-11-13-1-5-17(6-2-13)27(24,25)8-7-22/h1-6,10,15,22H,7-9,11-12H2,(H,21,23). The number of rotatable bonds is 6. The van der Waals surface area contributed by atoms with Gasteiger partial charge >= 0.3 is 0 Å². The van der Waals surface area contributed by atoms with E-state index in [0.29, 0.717) is 12.2 Å². The quantitative estimate of drug-likeness (QED) is 0.775. The van der Waals surface area contributed by atoms with E-state index in [1.165, 1.54) is 24.3 Å². The lowest BCUT2D eigenvalue weighted by molar-refractivity contribution is -0.126. The third-order valence-electron chi connectivity index (χ3n) is 4.42. The zero-order valence-corrected chi connectivity index (χ0v) is 15.3. The lowest BCUT2D eigenvalue weighted by Crippen LogP contribution is -2.37. The van der Waals surface area contributed by atoms with E-state index in [1.807, 2.05) is 0 Å². The van der Waals surface area contributed by atoms with Crippen LogP contribution in [0.1, 0.15) is 11.1 Å². The summed E-state index contributed by atoms with van der Waals surface area (Å²) in [6.07, 6.45) is 0.472. The van der Waals surface area contributed by atoms with Crippen LogP contribution in [-0.4, -0.2) is 38.4 Å². The molecule has 0 saturated heterocycles. The van der Waals surface area contributed by atoms with Crippen LogP contribution < -0.4 is 10.1 Å². The van der Waals surface area contributed by atoms with E-state index < -0.39 is 16.4 Å². The zero-order chi connectivity index (χ0) is 19.4. The topological polar surface area (TPSA) is 92.7 Å². The molecule has 0 aliphatic carbocycles. The highest BCUT2D eigenvalue weighted by Gasteiger charge is 2.26. The number of carbonyl (C=O) groups is 1. The average Bonchev–Trinajstić information content (AvgIpc) is 2.66. The summed E-state index contributed by atoms with van der Waals surface area (Å²) in [5, 5.41) is 11.6. The first-order valence-electron chi connectivity index (χ1n) is 8.50. The number of sulfone groups is 1. The second kappa shape index (κ2) is 8.06. The number of nitrogens with one attached hydrogen (secondary N) is 1. The van der Waals surface area contributed by atoms with Crippen molar-refractivity contribution in [2.45, 2.75) is 17.9 Å². The minimum Gasteiger partial charge on any atom is -0.492 e. The van der Waals surface area contributed by atoms with Gasteiger partial charge in [0.1, 0.15) is 18.2 Å². The molecule has 1 amide bonds.